The van der Waals surface area contributed by atoms with Gasteiger partial charge in [0.25, 0.3) is 0 Å². The molecular weight excluding hydrogens is 447 g/mol. The van der Waals surface area contributed by atoms with Crippen LogP contribution in [0.15, 0.2) is 0 Å². The largest absolute Gasteiger partial charge is 1.00 e. The molecule has 194 valence electrons. The number of carboxylic acid groups (broad SMARTS) is 1. The minimum Gasteiger partial charge on any atom is -0.550 e. The van der Waals surface area contributed by atoms with Gasteiger partial charge in [-0.3, -0.25) is 14.5 Å². The second-order valence-corrected chi connectivity index (χ2v) is 8.54. The summed E-state index contributed by atoms with van der Waals surface area (Å²) in [7, 11) is 1.33. The summed E-state index contributed by atoms with van der Waals surface area (Å²) in [5.41, 5.74) is 0. The average molecular weight is 495 g/mol. The van der Waals surface area contributed by atoms with Crippen LogP contribution in [0.1, 0.15) is 96.8 Å². The molecule has 0 bridgehead atoms. The maximum Gasteiger partial charge on any atom is 1.00 e. The predicted molar refractivity (Wildman–Crippen MR) is 128 cm³/mol. The SMILES string of the molecule is CCCCCCCCCCCCCC(=O)NCCN(CCOCCC(=O)OC)CCC(=O)[O-].[Na+]. The molecule has 0 aromatic rings. The van der Waals surface area contributed by atoms with E-state index in [1.807, 2.05) is 4.90 Å². The molecule has 0 atom stereocenters. The number of aliphatic carboxylic acids is 1. The van der Waals surface area contributed by atoms with E-state index >= 15 is 0 Å². The van der Waals surface area contributed by atoms with Gasteiger partial charge in [0, 0.05) is 38.6 Å². The van der Waals surface area contributed by atoms with Crippen LogP contribution < -0.4 is 40.0 Å². The number of esters is 1. The standard InChI is InChI=1S/C25H48N2O6.Na/c1-3-4-5-6-7-8-9-10-11-12-13-14-23(28)26-17-19-27(18-15-24(29)30)20-22-33-21-16-25(31)32-2;/h3-22H2,1-2H3,(H,26,28)(H,29,30);/q;+1/p-1. The molecule has 0 spiro atoms. The van der Waals surface area contributed by atoms with Crippen molar-refractivity contribution in [3.05, 3.63) is 0 Å². The van der Waals surface area contributed by atoms with Crippen LogP contribution in [-0.4, -0.2) is 69.2 Å². The van der Waals surface area contributed by atoms with Crippen LogP contribution in [0.2, 0.25) is 0 Å². The molecule has 1 N–H and O–H groups in total. The van der Waals surface area contributed by atoms with E-state index in [1.165, 1.54) is 64.9 Å². The van der Waals surface area contributed by atoms with Crippen LogP contribution in [0.25, 0.3) is 0 Å². The number of nitrogens with zero attached hydrogens (tertiary/aromatic N) is 1. The molecule has 34 heavy (non-hydrogen) atoms. The summed E-state index contributed by atoms with van der Waals surface area (Å²) in [4.78, 5) is 35.8. The van der Waals surface area contributed by atoms with Gasteiger partial charge in [0.05, 0.1) is 26.7 Å². The van der Waals surface area contributed by atoms with Gasteiger partial charge < -0.3 is 24.7 Å². The molecule has 0 aromatic carbocycles. The Hall–Kier alpha value is -0.670. The molecule has 0 aliphatic rings. The van der Waals surface area contributed by atoms with Gasteiger partial charge in [-0.1, -0.05) is 71.1 Å². The minimum atomic E-state index is -1.10. The average Bonchev–Trinajstić information content (AvgIpc) is 2.79. The van der Waals surface area contributed by atoms with E-state index in [4.69, 9.17) is 4.74 Å². The third-order valence-electron chi connectivity index (χ3n) is 5.62. The monoisotopic (exact) mass is 494 g/mol. The number of carboxylic acids is 1. The number of methoxy groups -OCH3 is 1. The van der Waals surface area contributed by atoms with Crippen molar-refractivity contribution in [3.63, 3.8) is 0 Å². The normalized spacial score (nSPS) is 10.7. The molecule has 0 rings (SSSR count). The van der Waals surface area contributed by atoms with Gasteiger partial charge in [-0.2, -0.15) is 0 Å². The second-order valence-electron chi connectivity index (χ2n) is 8.54. The summed E-state index contributed by atoms with van der Waals surface area (Å²) >= 11 is 0. The molecule has 0 aromatic heterocycles. The molecule has 0 aliphatic carbocycles. The summed E-state index contributed by atoms with van der Waals surface area (Å²) in [6.45, 7) is 4.72. The van der Waals surface area contributed by atoms with Crippen molar-refractivity contribution in [1.82, 2.24) is 10.2 Å². The van der Waals surface area contributed by atoms with Crippen molar-refractivity contribution < 1.29 is 58.5 Å². The Morgan fingerprint density at radius 1 is 0.765 bits per heavy atom. The van der Waals surface area contributed by atoms with E-state index in [0.717, 1.165) is 12.8 Å². The smallest absolute Gasteiger partial charge is 0.550 e. The molecular formula is C25H47N2NaO6. The van der Waals surface area contributed by atoms with Crippen LogP contribution in [0, 0.1) is 0 Å². The number of carbonyl (C=O) groups excluding carboxylic acids is 3. The first kappa shape index (κ1) is 35.5. The van der Waals surface area contributed by atoms with Crippen molar-refractivity contribution in [2.24, 2.45) is 0 Å². The van der Waals surface area contributed by atoms with Crippen LogP contribution in [0.3, 0.4) is 0 Å². The number of ether oxygens (including phenoxy) is 2. The summed E-state index contributed by atoms with van der Waals surface area (Å²) < 4.78 is 9.95. The molecule has 0 heterocycles. The molecule has 0 saturated heterocycles. The van der Waals surface area contributed by atoms with Crippen LogP contribution >= 0.6 is 0 Å². The maximum atomic E-state index is 12.0. The number of hydrogen-bond acceptors (Lipinski definition) is 7. The molecule has 1 amide bonds. The molecule has 0 saturated carbocycles. The molecule has 0 radical (unpaired) electrons. The number of amides is 1. The van der Waals surface area contributed by atoms with Crippen molar-refractivity contribution in [1.29, 1.82) is 0 Å². The Morgan fingerprint density at radius 3 is 1.91 bits per heavy atom. The number of nitrogens with one attached hydrogen (secondary N) is 1. The van der Waals surface area contributed by atoms with Gasteiger partial charge in [-0.15, -0.1) is 0 Å². The third kappa shape index (κ3) is 25.9. The minimum absolute atomic E-state index is 0. The third-order valence-corrected chi connectivity index (χ3v) is 5.62. The number of hydrogen-bond donors (Lipinski definition) is 1. The predicted octanol–water partition coefficient (Wildman–Crippen LogP) is -0.171. The van der Waals surface area contributed by atoms with Crippen LogP contribution in [0.5, 0.6) is 0 Å². The van der Waals surface area contributed by atoms with Crippen LogP contribution in [-0.2, 0) is 23.9 Å². The molecule has 0 unspecified atom stereocenters. The van der Waals surface area contributed by atoms with Gasteiger partial charge >= 0.3 is 35.5 Å². The zero-order valence-electron chi connectivity index (χ0n) is 22.0. The summed E-state index contributed by atoms with van der Waals surface area (Å²) in [5, 5.41) is 13.7. The van der Waals surface area contributed by atoms with E-state index in [1.54, 1.807) is 0 Å². The van der Waals surface area contributed by atoms with E-state index < -0.39 is 5.97 Å². The summed E-state index contributed by atoms with van der Waals surface area (Å²) in [6, 6.07) is 0. The van der Waals surface area contributed by atoms with Gasteiger partial charge in [-0.05, 0) is 12.8 Å². The number of rotatable bonds is 24. The Morgan fingerprint density at radius 2 is 1.35 bits per heavy atom. The fourth-order valence-electron chi connectivity index (χ4n) is 3.53. The molecule has 8 nitrogen and oxygen atoms in total. The Kier molecular flexibility index (Phi) is 28.1. The number of unbranched alkanes of at least 4 members (excludes halogenated alkanes) is 10. The van der Waals surface area contributed by atoms with E-state index in [9.17, 15) is 19.5 Å². The Bertz CT molecular complexity index is 508. The van der Waals surface area contributed by atoms with Gasteiger partial charge in [0.1, 0.15) is 0 Å². The van der Waals surface area contributed by atoms with E-state index in [0.29, 0.717) is 39.2 Å². The fraction of sp³-hybridized carbons (Fsp3) is 0.880. The Labute approximate surface area is 229 Å². The quantitative estimate of drug-likeness (QED) is 0.113. The van der Waals surface area contributed by atoms with Gasteiger partial charge in [0.15, 0.2) is 0 Å². The first-order valence-corrected chi connectivity index (χ1v) is 12.8. The maximum absolute atomic E-state index is 12.0. The number of carbonyl (C=O) groups is 3. The molecule has 9 heteroatoms. The first-order chi connectivity index (χ1) is 16.0. The second kappa shape index (κ2) is 26.9. The molecule has 0 aliphatic heterocycles. The van der Waals surface area contributed by atoms with Crippen molar-refractivity contribution in [2.75, 3.05) is 46.5 Å². The van der Waals surface area contributed by atoms with E-state index in [2.05, 4.69) is 17.0 Å². The van der Waals surface area contributed by atoms with Crippen molar-refractivity contribution in [3.8, 4) is 0 Å². The van der Waals surface area contributed by atoms with Gasteiger partial charge in [0.2, 0.25) is 5.91 Å². The van der Waals surface area contributed by atoms with Crippen molar-refractivity contribution in [2.45, 2.75) is 96.8 Å². The topological polar surface area (TPSA) is 108 Å². The zero-order chi connectivity index (χ0) is 24.6. The van der Waals surface area contributed by atoms with Gasteiger partial charge in [-0.25, -0.2) is 0 Å². The fourth-order valence-corrected chi connectivity index (χ4v) is 3.53. The van der Waals surface area contributed by atoms with E-state index in [-0.39, 0.29) is 60.9 Å². The zero-order valence-corrected chi connectivity index (χ0v) is 24.0. The van der Waals surface area contributed by atoms with Crippen molar-refractivity contribution >= 4 is 17.8 Å². The summed E-state index contributed by atoms with van der Waals surface area (Å²) in [5.74, 6) is -1.39. The Balaban J connectivity index is 0. The van der Waals surface area contributed by atoms with Crippen LogP contribution in [0.4, 0.5) is 0 Å². The summed E-state index contributed by atoms with van der Waals surface area (Å²) in [6.07, 6.45) is 14.4. The molecule has 0 fully saturated rings. The first-order valence-electron chi connectivity index (χ1n) is 12.8.